The molecule has 126 valence electrons. The first-order valence-electron chi connectivity index (χ1n) is 6.84. The molecule has 1 N–H and O–H groups in total. The Morgan fingerprint density at radius 2 is 2.23 bits per heavy atom. The fourth-order valence-corrected chi connectivity index (χ4v) is 4.09. The summed E-state index contributed by atoms with van der Waals surface area (Å²) in [7, 11) is -2.44. The van der Waals surface area contributed by atoms with Gasteiger partial charge in [0.15, 0.2) is 0 Å². The van der Waals surface area contributed by atoms with Crippen molar-refractivity contribution in [3.05, 3.63) is 17.6 Å². The molecular formula is C13H21ClN2O5S. The lowest BCUT2D eigenvalue weighted by Crippen LogP contribution is -2.51. The molecule has 0 aliphatic carbocycles. The predicted octanol–water partition coefficient (Wildman–Crippen LogP) is 1.03. The second kappa shape index (κ2) is 7.45. The zero-order valence-electron chi connectivity index (χ0n) is 12.8. The van der Waals surface area contributed by atoms with Crippen molar-refractivity contribution in [2.75, 3.05) is 26.7 Å². The number of esters is 1. The number of carbonyl (C=O) groups excluding carboxylic acids is 1. The van der Waals surface area contributed by atoms with Gasteiger partial charge in [-0.15, -0.1) is 12.4 Å². The number of hydrogen-bond acceptors (Lipinski definition) is 6. The van der Waals surface area contributed by atoms with Crippen molar-refractivity contribution >= 4 is 28.4 Å². The van der Waals surface area contributed by atoms with Crippen LogP contribution in [0.5, 0.6) is 0 Å². The Labute approximate surface area is 136 Å². The van der Waals surface area contributed by atoms with Gasteiger partial charge >= 0.3 is 5.97 Å². The molecule has 22 heavy (non-hydrogen) atoms. The molecule has 1 saturated heterocycles. The van der Waals surface area contributed by atoms with Crippen LogP contribution in [0.2, 0.25) is 0 Å². The van der Waals surface area contributed by atoms with Crippen molar-refractivity contribution in [3.63, 3.8) is 0 Å². The maximum Gasteiger partial charge on any atom is 0.373 e. The van der Waals surface area contributed by atoms with E-state index in [4.69, 9.17) is 4.42 Å². The van der Waals surface area contributed by atoms with Gasteiger partial charge in [0.25, 0.3) is 0 Å². The lowest BCUT2D eigenvalue weighted by atomic mass is 10.3. The molecule has 1 aromatic heterocycles. The quantitative estimate of drug-likeness (QED) is 0.814. The molecule has 1 fully saturated rings. The summed E-state index contributed by atoms with van der Waals surface area (Å²) >= 11 is 0. The first-order chi connectivity index (χ1) is 9.90. The number of hydrogen-bond donors (Lipinski definition) is 1. The van der Waals surface area contributed by atoms with Crippen LogP contribution in [0.3, 0.4) is 0 Å². The van der Waals surface area contributed by atoms with Crippen molar-refractivity contribution < 1.29 is 22.4 Å². The Morgan fingerprint density at radius 1 is 1.55 bits per heavy atom. The van der Waals surface area contributed by atoms with E-state index in [1.165, 1.54) is 17.5 Å². The van der Waals surface area contributed by atoms with E-state index < -0.39 is 16.0 Å². The van der Waals surface area contributed by atoms with E-state index in [1.54, 1.807) is 6.92 Å². The van der Waals surface area contributed by atoms with Crippen LogP contribution in [0.25, 0.3) is 0 Å². The third kappa shape index (κ3) is 3.62. The first-order valence-corrected chi connectivity index (χ1v) is 8.28. The number of rotatable bonds is 4. The van der Waals surface area contributed by atoms with Crippen LogP contribution in [0.4, 0.5) is 0 Å². The molecule has 0 spiro atoms. The van der Waals surface area contributed by atoms with Crippen molar-refractivity contribution in [2.45, 2.75) is 31.2 Å². The molecule has 0 aromatic carbocycles. The van der Waals surface area contributed by atoms with Crippen LogP contribution in [-0.4, -0.2) is 51.5 Å². The predicted molar refractivity (Wildman–Crippen MR) is 82.9 cm³/mol. The minimum atomic E-state index is -3.67. The van der Waals surface area contributed by atoms with Crippen molar-refractivity contribution in [3.8, 4) is 0 Å². The van der Waals surface area contributed by atoms with Gasteiger partial charge in [0.05, 0.1) is 7.11 Å². The lowest BCUT2D eigenvalue weighted by Gasteiger charge is -2.30. The van der Waals surface area contributed by atoms with Crippen LogP contribution in [0.1, 0.15) is 30.2 Å². The number of aryl methyl sites for hydroxylation is 1. The van der Waals surface area contributed by atoms with Gasteiger partial charge in [0.1, 0.15) is 10.7 Å². The molecule has 7 nitrogen and oxygen atoms in total. The average Bonchev–Trinajstić information content (AvgIpc) is 2.91. The highest BCUT2D eigenvalue weighted by Crippen LogP contribution is 2.26. The van der Waals surface area contributed by atoms with E-state index in [1.807, 2.05) is 6.92 Å². The molecule has 2 heterocycles. The van der Waals surface area contributed by atoms with Gasteiger partial charge in [-0.2, -0.15) is 4.31 Å². The van der Waals surface area contributed by atoms with Gasteiger partial charge in [-0.1, -0.05) is 6.92 Å². The standard InChI is InChI=1S/C13H20N2O5S.ClH/c1-4-10-12(7-11(20-10)13(16)19-3)21(17,18)15-6-5-14-9(2)8-15;/h7,9,14H,4-6,8H2,1-3H3;1H. The number of halogens is 1. The Bertz CT molecular complexity index is 628. The monoisotopic (exact) mass is 352 g/mol. The molecule has 2 rings (SSSR count). The highest BCUT2D eigenvalue weighted by atomic mass is 35.5. The summed E-state index contributed by atoms with van der Waals surface area (Å²) in [5.41, 5.74) is 0. The second-order valence-electron chi connectivity index (χ2n) is 4.96. The summed E-state index contributed by atoms with van der Waals surface area (Å²) in [6.07, 6.45) is 0.382. The first kappa shape index (κ1) is 19.0. The topological polar surface area (TPSA) is 88.8 Å². The van der Waals surface area contributed by atoms with Gasteiger partial charge in [0, 0.05) is 38.2 Å². The normalized spacial score (nSPS) is 19.5. The zero-order chi connectivity index (χ0) is 15.6. The summed E-state index contributed by atoms with van der Waals surface area (Å²) in [4.78, 5) is 11.6. The SMILES string of the molecule is CCc1oc(C(=O)OC)cc1S(=O)(=O)N1CCNC(C)C1.Cl. The smallest absolute Gasteiger partial charge is 0.373 e. The molecule has 9 heteroatoms. The van der Waals surface area contributed by atoms with E-state index in [2.05, 4.69) is 10.1 Å². The highest BCUT2D eigenvalue weighted by Gasteiger charge is 2.33. The second-order valence-corrected chi connectivity index (χ2v) is 6.87. The van der Waals surface area contributed by atoms with E-state index in [-0.39, 0.29) is 34.9 Å². The molecule has 1 aliphatic heterocycles. The number of carbonyl (C=O) groups is 1. The maximum absolute atomic E-state index is 12.7. The summed E-state index contributed by atoms with van der Waals surface area (Å²) < 4.78 is 36.8. The minimum Gasteiger partial charge on any atom is -0.463 e. The summed E-state index contributed by atoms with van der Waals surface area (Å²) in [6, 6.07) is 1.35. The third-order valence-corrected chi connectivity index (χ3v) is 5.34. The summed E-state index contributed by atoms with van der Waals surface area (Å²) in [6.45, 7) is 5.10. The fourth-order valence-electron chi connectivity index (χ4n) is 2.33. The number of nitrogens with one attached hydrogen (secondary N) is 1. The molecule has 1 atom stereocenters. The van der Waals surface area contributed by atoms with Crippen LogP contribution in [-0.2, 0) is 21.2 Å². The van der Waals surface area contributed by atoms with E-state index in [0.29, 0.717) is 26.1 Å². The van der Waals surface area contributed by atoms with E-state index in [9.17, 15) is 13.2 Å². The van der Waals surface area contributed by atoms with Crippen LogP contribution in [0, 0.1) is 0 Å². The number of sulfonamides is 1. The van der Waals surface area contributed by atoms with Gasteiger partial charge in [0.2, 0.25) is 15.8 Å². The van der Waals surface area contributed by atoms with Crippen LogP contribution >= 0.6 is 12.4 Å². The highest BCUT2D eigenvalue weighted by molar-refractivity contribution is 7.89. The molecular weight excluding hydrogens is 332 g/mol. The number of furan rings is 1. The van der Waals surface area contributed by atoms with Gasteiger partial charge < -0.3 is 14.5 Å². The molecule has 1 aromatic rings. The molecule has 0 bridgehead atoms. The lowest BCUT2D eigenvalue weighted by molar-refractivity contribution is 0.0563. The Morgan fingerprint density at radius 3 is 2.77 bits per heavy atom. The van der Waals surface area contributed by atoms with Crippen LogP contribution in [0.15, 0.2) is 15.4 Å². The summed E-state index contributed by atoms with van der Waals surface area (Å²) in [5, 5.41) is 3.19. The van der Waals surface area contributed by atoms with E-state index >= 15 is 0 Å². The van der Waals surface area contributed by atoms with Crippen molar-refractivity contribution in [1.29, 1.82) is 0 Å². The maximum atomic E-state index is 12.7. The molecule has 0 radical (unpaired) electrons. The number of ether oxygens (including phenoxy) is 1. The average molecular weight is 353 g/mol. The van der Waals surface area contributed by atoms with Crippen LogP contribution < -0.4 is 5.32 Å². The molecule has 0 saturated carbocycles. The van der Waals surface area contributed by atoms with Gasteiger partial charge in [-0.05, 0) is 6.92 Å². The minimum absolute atomic E-state index is 0. The summed E-state index contributed by atoms with van der Waals surface area (Å²) in [5.74, 6) is -0.488. The number of nitrogens with zero attached hydrogens (tertiary/aromatic N) is 1. The Balaban J connectivity index is 0.00000242. The Hall–Kier alpha value is -1.09. The molecule has 0 amide bonds. The van der Waals surface area contributed by atoms with E-state index in [0.717, 1.165) is 0 Å². The van der Waals surface area contributed by atoms with Crippen molar-refractivity contribution in [2.24, 2.45) is 0 Å². The largest absolute Gasteiger partial charge is 0.463 e. The molecule has 1 unspecified atom stereocenters. The van der Waals surface area contributed by atoms with Gasteiger partial charge in [-0.25, -0.2) is 13.2 Å². The third-order valence-electron chi connectivity index (χ3n) is 3.43. The number of methoxy groups -OCH3 is 1. The molecule has 1 aliphatic rings. The fraction of sp³-hybridized carbons (Fsp3) is 0.615. The number of piperazine rings is 1. The van der Waals surface area contributed by atoms with Crippen molar-refractivity contribution in [1.82, 2.24) is 9.62 Å². The zero-order valence-corrected chi connectivity index (χ0v) is 14.4. The van der Waals surface area contributed by atoms with Gasteiger partial charge in [-0.3, -0.25) is 0 Å². The Kier molecular flexibility index (Phi) is 6.42.